The lowest BCUT2D eigenvalue weighted by atomic mass is 10.1. The summed E-state index contributed by atoms with van der Waals surface area (Å²) in [6.07, 6.45) is 2.84. The number of likely N-dealkylation sites (N-methyl/N-ethyl adjacent to an activating group) is 1. The zero-order valence-electron chi connectivity index (χ0n) is 13.9. The molecular weight excluding hydrogens is 314 g/mol. The summed E-state index contributed by atoms with van der Waals surface area (Å²) in [7, 11) is 0.497. The monoisotopic (exact) mass is 339 g/mol. The van der Waals surface area contributed by atoms with E-state index in [0.717, 1.165) is 18.4 Å². The molecule has 6 nitrogen and oxygen atoms in total. The first kappa shape index (κ1) is 17.9. The number of carbonyl (C=O) groups is 1. The van der Waals surface area contributed by atoms with Crippen molar-refractivity contribution in [3.8, 4) is 0 Å². The fourth-order valence-electron chi connectivity index (χ4n) is 3.08. The van der Waals surface area contributed by atoms with Crippen LogP contribution in [0.2, 0.25) is 0 Å². The maximum atomic E-state index is 12.6. The van der Waals surface area contributed by atoms with Gasteiger partial charge in [0.05, 0.1) is 6.26 Å². The normalized spacial score (nSPS) is 20.6. The first-order valence-corrected chi connectivity index (χ1v) is 9.61. The van der Waals surface area contributed by atoms with Gasteiger partial charge in [0.2, 0.25) is 15.9 Å². The van der Waals surface area contributed by atoms with Crippen molar-refractivity contribution in [1.29, 1.82) is 0 Å². The van der Waals surface area contributed by atoms with E-state index in [1.165, 1.54) is 10.6 Å². The summed E-state index contributed by atoms with van der Waals surface area (Å²) < 4.78 is 25.0. The average Bonchev–Trinajstić information content (AvgIpc) is 2.94. The molecule has 0 aromatic heterocycles. The zero-order valence-corrected chi connectivity index (χ0v) is 14.7. The van der Waals surface area contributed by atoms with Gasteiger partial charge in [0.25, 0.3) is 0 Å². The molecule has 0 saturated carbocycles. The summed E-state index contributed by atoms with van der Waals surface area (Å²) in [6, 6.07) is 9.03. The largest absolute Gasteiger partial charge is 0.353 e. The minimum atomic E-state index is -3.22. The predicted molar refractivity (Wildman–Crippen MR) is 90.5 cm³/mol. The molecule has 1 N–H and O–H groups in total. The summed E-state index contributed by atoms with van der Waals surface area (Å²) in [6.45, 7) is 0.887. The molecule has 2 atom stereocenters. The van der Waals surface area contributed by atoms with Crippen molar-refractivity contribution >= 4 is 15.9 Å². The highest BCUT2D eigenvalue weighted by molar-refractivity contribution is 7.88. The molecule has 23 heavy (non-hydrogen) atoms. The van der Waals surface area contributed by atoms with E-state index in [4.69, 9.17) is 0 Å². The number of hydrogen-bond donors (Lipinski definition) is 1. The molecule has 1 amide bonds. The maximum Gasteiger partial charge on any atom is 0.241 e. The van der Waals surface area contributed by atoms with Crippen LogP contribution < -0.4 is 5.32 Å². The van der Waals surface area contributed by atoms with Crippen molar-refractivity contribution in [1.82, 2.24) is 14.5 Å². The second kappa shape index (κ2) is 7.42. The Morgan fingerprint density at radius 1 is 1.35 bits per heavy atom. The van der Waals surface area contributed by atoms with Gasteiger partial charge in [-0.25, -0.2) is 8.42 Å². The Morgan fingerprint density at radius 3 is 2.57 bits per heavy atom. The van der Waals surface area contributed by atoms with Gasteiger partial charge in [-0.15, -0.1) is 0 Å². The van der Waals surface area contributed by atoms with Crippen molar-refractivity contribution in [2.24, 2.45) is 0 Å². The van der Waals surface area contributed by atoms with Gasteiger partial charge in [0.1, 0.15) is 6.04 Å². The Kier molecular flexibility index (Phi) is 5.78. The Bertz CT molecular complexity index is 631. The van der Waals surface area contributed by atoms with Crippen LogP contribution >= 0.6 is 0 Å². The highest BCUT2D eigenvalue weighted by atomic mass is 32.2. The molecule has 1 aliphatic heterocycles. The maximum absolute atomic E-state index is 12.6. The number of amides is 1. The summed E-state index contributed by atoms with van der Waals surface area (Å²) in [4.78, 5) is 14.4. The summed E-state index contributed by atoms with van der Waals surface area (Å²) >= 11 is 0. The number of nitrogens with zero attached hydrogens (tertiary/aromatic N) is 2. The van der Waals surface area contributed by atoms with E-state index in [1.54, 1.807) is 0 Å². The Labute approximate surface area is 138 Å². The zero-order chi connectivity index (χ0) is 17.0. The summed E-state index contributed by atoms with van der Waals surface area (Å²) in [5.74, 6) is -0.110. The van der Waals surface area contributed by atoms with E-state index >= 15 is 0 Å². The lowest BCUT2D eigenvalue weighted by Crippen LogP contribution is -2.45. The van der Waals surface area contributed by atoms with Crippen LogP contribution in [0.1, 0.15) is 24.4 Å². The van der Waals surface area contributed by atoms with E-state index in [0.29, 0.717) is 13.1 Å². The minimum absolute atomic E-state index is 0.110. The minimum Gasteiger partial charge on any atom is -0.353 e. The molecule has 1 aromatic rings. The standard InChI is InChI=1S/C16H25N3O3S/c1-18(2)15(13-8-5-4-6-9-13)16(20)17-12-14-10-7-11-19(14)23(3,21)22/h4-6,8-9,14-15H,7,10-12H2,1-3H3,(H,17,20)/t14-,15?/m1/s1. The van der Waals surface area contributed by atoms with Gasteiger partial charge in [0.15, 0.2) is 0 Å². The second-order valence-corrected chi connectivity index (χ2v) is 8.13. The van der Waals surface area contributed by atoms with Crippen LogP contribution in [0.5, 0.6) is 0 Å². The van der Waals surface area contributed by atoms with Crippen LogP contribution in [0.4, 0.5) is 0 Å². The van der Waals surface area contributed by atoms with Crippen LogP contribution in [0.25, 0.3) is 0 Å². The van der Waals surface area contributed by atoms with E-state index < -0.39 is 10.0 Å². The Hall–Kier alpha value is -1.44. The summed E-state index contributed by atoms with van der Waals surface area (Å²) in [5.41, 5.74) is 0.918. The molecule has 1 aliphatic rings. The van der Waals surface area contributed by atoms with Crippen LogP contribution in [0, 0.1) is 0 Å². The van der Waals surface area contributed by atoms with E-state index in [2.05, 4.69) is 5.32 Å². The molecule has 1 fully saturated rings. The fraction of sp³-hybridized carbons (Fsp3) is 0.562. The quantitative estimate of drug-likeness (QED) is 0.833. The lowest BCUT2D eigenvalue weighted by molar-refractivity contribution is -0.125. The van der Waals surface area contributed by atoms with Gasteiger partial charge < -0.3 is 5.32 Å². The van der Waals surface area contributed by atoms with Crippen molar-refractivity contribution in [3.05, 3.63) is 35.9 Å². The van der Waals surface area contributed by atoms with Gasteiger partial charge in [-0.05, 0) is 32.5 Å². The third-order valence-electron chi connectivity index (χ3n) is 4.14. The number of rotatable bonds is 6. The molecule has 2 rings (SSSR count). The SMILES string of the molecule is CN(C)C(C(=O)NC[C@H]1CCCN1S(C)(=O)=O)c1ccccc1. The fourth-order valence-corrected chi connectivity index (χ4v) is 4.27. The van der Waals surface area contributed by atoms with Crippen LogP contribution in [0.3, 0.4) is 0 Å². The molecule has 0 bridgehead atoms. The van der Waals surface area contributed by atoms with Crippen LogP contribution in [-0.4, -0.2) is 63.0 Å². The molecule has 128 valence electrons. The topological polar surface area (TPSA) is 69.7 Å². The lowest BCUT2D eigenvalue weighted by Gasteiger charge is -2.26. The van der Waals surface area contributed by atoms with Gasteiger partial charge in [0, 0.05) is 19.1 Å². The Balaban J connectivity index is 2.03. The van der Waals surface area contributed by atoms with Crippen molar-refractivity contribution in [2.45, 2.75) is 24.9 Å². The predicted octanol–water partition coefficient (Wildman–Crippen LogP) is 0.830. The second-order valence-electron chi connectivity index (χ2n) is 6.19. The number of hydrogen-bond acceptors (Lipinski definition) is 4. The Morgan fingerprint density at radius 2 is 2.00 bits per heavy atom. The van der Waals surface area contributed by atoms with Crippen LogP contribution in [-0.2, 0) is 14.8 Å². The van der Waals surface area contributed by atoms with Gasteiger partial charge in [-0.1, -0.05) is 30.3 Å². The molecule has 0 spiro atoms. The highest BCUT2D eigenvalue weighted by Crippen LogP contribution is 2.21. The molecule has 1 aromatic carbocycles. The smallest absolute Gasteiger partial charge is 0.241 e. The summed E-state index contributed by atoms with van der Waals surface area (Å²) in [5, 5.41) is 2.92. The molecule has 1 heterocycles. The van der Waals surface area contributed by atoms with Crippen molar-refractivity contribution < 1.29 is 13.2 Å². The van der Waals surface area contributed by atoms with Gasteiger partial charge >= 0.3 is 0 Å². The molecular formula is C16H25N3O3S. The van der Waals surface area contributed by atoms with Crippen molar-refractivity contribution in [2.75, 3.05) is 33.4 Å². The van der Waals surface area contributed by atoms with Crippen LogP contribution in [0.15, 0.2) is 30.3 Å². The van der Waals surface area contributed by atoms with E-state index in [-0.39, 0.29) is 18.0 Å². The number of nitrogens with one attached hydrogen (secondary N) is 1. The van der Waals surface area contributed by atoms with Gasteiger partial charge in [-0.2, -0.15) is 4.31 Å². The third kappa shape index (κ3) is 4.53. The van der Waals surface area contributed by atoms with E-state index in [9.17, 15) is 13.2 Å². The number of benzene rings is 1. The average molecular weight is 339 g/mol. The molecule has 0 aliphatic carbocycles. The van der Waals surface area contributed by atoms with E-state index in [1.807, 2.05) is 49.3 Å². The molecule has 1 unspecified atom stereocenters. The molecule has 1 saturated heterocycles. The first-order valence-electron chi connectivity index (χ1n) is 7.76. The van der Waals surface area contributed by atoms with Crippen molar-refractivity contribution in [3.63, 3.8) is 0 Å². The molecule has 7 heteroatoms. The number of sulfonamides is 1. The number of carbonyl (C=O) groups excluding carboxylic acids is 1. The first-order chi connectivity index (χ1) is 10.8. The molecule has 0 radical (unpaired) electrons. The third-order valence-corrected chi connectivity index (χ3v) is 5.47. The van der Waals surface area contributed by atoms with Gasteiger partial charge in [-0.3, -0.25) is 9.69 Å². The highest BCUT2D eigenvalue weighted by Gasteiger charge is 2.32.